The number of oxime groups is 1. The summed E-state index contributed by atoms with van der Waals surface area (Å²) in [5.74, 6) is 0.463. The second-order valence-corrected chi connectivity index (χ2v) is 5.04. The van der Waals surface area contributed by atoms with Gasteiger partial charge in [0.25, 0.3) is 0 Å². The molecule has 1 aromatic heterocycles. The van der Waals surface area contributed by atoms with Crippen LogP contribution in [0.25, 0.3) is 0 Å². The maximum Gasteiger partial charge on any atom is 0.234 e. The Bertz CT molecular complexity index is 521. The van der Waals surface area contributed by atoms with E-state index in [2.05, 4.69) is 20.7 Å². The number of amidine groups is 1. The van der Waals surface area contributed by atoms with Gasteiger partial charge >= 0.3 is 0 Å². The highest BCUT2D eigenvalue weighted by Gasteiger charge is 2.44. The lowest BCUT2D eigenvalue weighted by atomic mass is 9.78. The van der Waals surface area contributed by atoms with E-state index in [0.29, 0.717) is 39.0 Å². The number of amides is 1. The fraction of sp³-hybridized carbons (Fsp3) is 0.667. The lowest BCUT2D eigenvalue weighted by Gasteiger charge is -2.34. The molecule has 1 amide bonds. The number of aryl methyl sites for hydroxylation is 1. The maximum absolute atomic E-state index is 12.5. The fourth-order valence-corrected chi connectivity index (χ4v) is 2.41. The lowest BCUT2D eigenvalue weighted by molar-refractivity contribution is -0.131. The summed E-state index contributed by atoms with van der Waals surface area (Å²) in [6, 6.07) is 0. The first kappa shape index (κ1) is 15.2. The third-order valence-electron chi connectivity index (χ3n) is 3.82. The Labute approximate surface area is 122 Å². The Kier molecular flexibility index (Phi) is 4.73. The molecule has 1 fully saturated rings. The minimum Gasteiger partial charge on any atom is -0.409 e. The van der Waals surface area contributed by atoms with Crippen molar-refractivity contribution in [1.82, 2.24) is 20.1 Å². The second kappa shape index (κ2) is 6.53. The highest BCUT2D eigenvalue weighted by molar-refractivity contribution is 6.06. The first-order chi connectivity index (χ1) is 10.1. The molecule has 0 radical (unpaired) electrons. The molecule has 21 heavy (non-hydrogen) atoms. The van der Waals surface area contributed by atoms with Crippen LogP contribution in [0.1, 0.15) is 18.7 Å². The minimum atomic E-state index is -0.993. The third-order valence-corrected chi connectivity index (χ3v) is 3.82. The molecule has 1 aromatic rings. The van der Waals surface area contributed by atoms with Gasteiger partial charge in [0.1, 0.15) is 17.6 Å². The zero-order valence-electron chi connectivity index (χ0n) is 11.9. The van der Waals surface area contributed by atoms with E-state index in [-0.39, 0.29) is 11.7 Å². The number of ether oxygens (including phenoxy) is 1. The van der Waals surface area contributed by atoms with Crippen LogP contribution in [-0.2, 0) is 23.0 Å². The van der Waals surface area contributed by atoms with Gasteiger partial charge in [-0.1, -0.05) is 5.16 Å². The Morgan fingerprint density at radius 1 is 1.62 bits per heavy atom. The van der Waals surface area contributed by atoms with Crippen molar-refractivity contribution in [1.29, 1.82) is 0 Å². The molecule has 0 bridgehead atoms. The molecule has 9 heteroatoms. The number of nitrogens with two attached hydrogens (primary N) is 1. The van der Waals surface area contributed by atoms with Gasteiger partial charge in [0.15, 0.2) is 5.84 Å². The highest BCUT2D eigenvalue weighted by atomic mass is 16.5. The molecule has 1 aliphatic rings. The zero-order chi connectivity index (χ0) is 15.3. The molecule has 0 unspecified atom stereocenters. The van der Waals surface area contributed by atoms with Crippen molar-refractivity contribution in [3.8, 4) is 0 Å². The third kappa shape index (κ3) is 3.13. The summed E-state index contributed by atoms with van der Waals surface area (Å²) in [4.78, 5) is 12.5. The standard InChI is InChI=1S/C12H20N6O3/c1-18-8-15-16-9(18)2-5-14-11(19)12(10(13)17-20)3-6-21-7-4-12/h8,20H,2-7H2,1H3,(H2,13,17)(H,14,19). The molecule has 2 heterocycles. The largest absolute Gasteiger partial charge is 0.409 e. The van der Waals surface area contributed by atoms with E-state index < -0.39 is 5.41 Å². The van der Waals surface area contributed by atoms with Gasteiger partial charge in [-0.15, -0.1) is 10.2 Å². The van der Waals surface area contributed by atoms with E-state index in [1.165, 1.54) is 0 Å². The number of hydrogen-bond donors (Lipinski definition) is 3. The molecule has 0 atom stereocenters. The van der Waals surface area contributed by atoms with E-state index in [1.54, 1.807) is 10.9 Å². The maximum atomic E-state index is 12.5. The average Bonchev–Trinajstić information content (AvgIpc) is 2.92. The Morgan fingerprint density at radius 2 is 2.33 bits per heavy atom. The second-order valence-electron chi connectivity index (χ2n) is 5.04. The Morgan fingerprint density at radius 3 is 2.90 bits per heavy atom. The molecule has 1 saturated heterocycles. The van der Waals surface area contributed by atoms with Crippen molar-refractivity contribution in [3.05, 3.63) is 12.2 Å². The molecule has 0 aliphatic carbocycles. The molecule has 0 spiro atoms. The van der Waals surface area contributed by atoms with Gasteiger partial charge in [-0.25, -0.2) is 0 Å². The molecule has 0 aromatic carbocycles. The smallest absolute Gasteiger partial charge is 0.234 e. The molecule has 0 saturated carbocycles. The van der Waals surface area contributed by atoms with Crippen molar-refractivity contribution >= 4 is 11.7 Å². The average molecular weight is 296 g/mol. The van der Waals surface area contributed by atoms with Crippen LogP contribution >= 0.6 is 0 Å². The normalized spacial score (nSPS) is 18.4. The lowest BCUT2D eigenvalue weighted by Crippen LogP contribution is -2.53. The summed E-state index contributed by atoms with van der Waals surface area (Å²) in [5.41, 5.74) is 4.74. The van der Waals surface area contributed by atoms with Crippen LogP contribution in [0.15, 0.2) is 11.5 Å². The van der Waals surface area contributed by atoms with Crippen LogP contribution < -0.4 is 11.1 Å². The Balaban J connectivity index is 1.97. The Hall–Kier alpha value is -2.16. The summed E-state index contributed by atoms with van der Waals surface area (Å²) in [6.07, 6.45) is 2.97. The molecule has 1 aliphatic heterocycles. The first-order valence-electron chi connectivity index (χ1n) is 6.77. The summed E-state index contributed by atoms with van der Waals surface area (Å²) in [7, 11) is 1.84. The summed E-state index contributed by atoms with van der Waals surface area (Å²) in [6.45, 7) is 1.23. The molecular formula is C12H20N6O3. The number of carbonyl (C=O) groups excluding carboxylic acids is 1. The SMILES string of the molecule is Cn1cnnc1CCNC(=O)C1(C(N)=NO)CCOCC1. The van der Waals surface area contributed by atoms with Crippen molar-refractivity contribution in [2.75, 3.05) is 19.8 Å². The van der Waals surface area contributed by atoms with Gasteiger partial charge in [-0.3, -0.25) is 4.79 Å². The van der Waals surface area contributed by atoms with Gasteiger partial charge in [-0.2, -0.15) is 0 Å². The van der Waals surface area contributed by atoms with Gasteiger partial charge in [0, 0.05) is 33.2 Å². The fourth-order valence-electron chi connectivity index (χ4n) is 2.41. The highest BCUT2D eigenvalue weighted by Crippen LogP contribution is 2.31. The minimum absolute atomic E-state index is 0.0676. The quantitative estimate of drug-likeness (QED) is 0.277. The van der Waals surface area contributed by atoms with Crippen LogP contribution in [0.3, 0.4) is 0 Å². The zero-order valence-corrected chi connectivity index (χ0v) is 11.9. The van der Waals surface area contributed by atoms with Crippen LogP contribution in [0.2, 0.25) is 0 Å². The van der Waals surface area contributed by atoms with Gasteiger partial charge in [0.2, 0.25) is 5.91 Å². The van der Waals surface area contributed by atoms with E-state index in [4.69, 9.17) is 15.7 Å². The van der Waals surface area contributed by atoms with Gasteiger partial charge in [0.05, 0.1) is 0 Å². The van der Waals surface area contributed by atoms with E-state index in [9.17, 15) is 4.79 Å². The summed E-state index contributed by atoms with van der Waals surface area (Å²) >= 11 is 0. The predicted octanol–water partition coefficient (Wildman–Crippen LogP) is -0.983. The number of nitrogens with zero attached hydrogens (tertiary/aromatic N) is 4. The monoisotopic (exact) mass is 296 g/mol. The summed E-state index contributed by atoms with van der Waals surface area (Å²) < 4.78 is 7.05. The molecule has 2 rings (SSSR count). The van der Waals surface area contributed by atoms with Crippen molar-refractivity contribution in [3.63, 3.8) is 0 Å². The molecule has 116 valence electrons. The first-order valence-corrected chi connectivity index (χ1v) is 6.77. The predicted molar refractivity (Wildman–Crippen MR) is 73.6 cm³/mol. The molecular weight excluding hydrogens is 276 g/mol. The van der Waals surface area contributed by atoms with E-state index in [1.807, 2.05) is 7.05 Å². The van der Waals surface area contributed by atoms with Crippen molar-refractivity contribution in [2.24, 2.45) is 23.4 Å². The topological polar surface area (TPSA) is 128 Å². The summed E-state index contributed by atoms with van der Waals surface area (Å²) in [5, 5.41) is 22.5. The van der Waals surface area contributed by atoms with Crippen molar-refractivity contribution in [2.45, 2.75) is 19.3 Å². The number of nitrogens with one attached hydrogen (secondary N) is 1. The number of hydrogen-bond acceptors (Lipinski definition) is 6. The number of rotatable bonds is 5. The van der Waals surface area contributed by atoms with Crippen LogP contribution in [0, 0.1) is 5.41 Å². The van der Waals surface area contributed by atoms with Crippen molar-refractivity contribution < 1.29 is 14.7 Å². The van der Waals surface area contributed by atoms with Gasteiger partial charge in [-0.05, 0) is 12.8 Å². The number of carbonyl (C=O) groups is 1. The van der Waals surface area contributed by atoms with Crippen LogP contribution in [0.5, 0.6) is 0 Å². The molecule has 4 N–H and O–H groups in total. The van der Waals surface area contributed by atoms with E-state index >= 15 is 0 Å². The van der Waals surface area contributed by atoms with Gasteiger partial charge < -0.3 is 25.6 Å². The van der Waals surface area contributed by atoms with E-state index in [0.717, 1.165) is 5.82 Å². The van der Waals surface area contributed by atoms with Crippen LogP contribution in [-0.4, -0.2) is 51.5 Å². The molecule has 9 nitrogen and oxygen atoms in total. The number of aromatic nitrogens is 3. The van der Waals surface area contributed by atoms with Crippen LogP contribution in [0.4, 0.5) is 0 Å².